The zero-order chi connectivity index (χ0) is 10.0. The van der Waals surface area contributed by atoms with Crippen molar-refractivity contribution in [2.45, 2.75) is 13.5 Å². The zero-order valence-corrected chi connectivity index (χ0v) is 8.67. The third kappa shape index (κ3) is 2.05. The largest absolute Gasteiger partial charge is 0.326 e. The van der Waals surface area contributed by atoms with Crippen molar-refractivity contribution in [1.82, 2.24) is 0 Å². The van der Waals surface area contributed by atoms with Crippen LogP contribution >= 0.6 is 15.9 Å². The maximum absolute atomic E-state index is 10.6. The van der Waals surface area contributed by atoms with E-state index in [0.717, 1.165) is 10.0 Å². The van der Waals surface area contributed by atoms with Crippen LogP contribution in [0, 0.1) is 17.0 Å². The van der Waals surface area contributed by atoms with Crippen molar-refractivity contribution in [2.75, 3.05) is 0 Å². The molecule has 0 saturated carbocycles. The van der Waals surface area contributed by atoms with E-state index in [2.05, 4.69) is 15.9 Å². The van der Waals surface area contributed by atoms with Crippen LogP contribution < -0.4 is 5.73 Å². The maximum Gasteiger partial charge on any atom is 0.272 e. The highest BCUT2D eigenvalue weighted by molar-refractivity contribution is 9.10. The fourth-order valence-electron chi connectivity index (χ4n) is 1.06. The summed E-state index contributed by atoms with van der Waals surface area (Å²) in [4.78, 5) is 10.1. The molecule has 13 heavy (non-hydrogen) atoms. The minimum absolute atomic E-state index is 0.114. The van der Waals surface area contributed by atoms with Crippen LogP contribution in [0.15, 0.2) is 16.6 Å². The summed E-state index contributed by atoms with van der Waals surface area (Å²) in [5, 5.41) is 10.6. The Morgan fingerprint density at radius 3 is 2.69 bits per heavy atom. The third-order valence-electron chi connectivity index (χ3n) is 1.78. The lowest BCUT2D eigenvalue weighted by Crippen LogP contribution is -2.00. The van der Waals surface area contributed by atoms with E-state index in [1.807, 2.05) is 0 Å². The van der Waals surface area contributed by atoms with Crippen LogP contribution in [0.5, 0.6) is 0 Å². The van der Waals surface area contributed by atoms with Crippen molar-refractivity contribution in [3.8, 4) is 0 Å². The van der Waals surface area contributed by atoms with Gasteiger partial charge in [0.1, 0.15) is 0 Å². The average Bonchev–Trinajstić information content (AvgIpc) is 2.03. The molecule has 70 valence electrons. The molecule has 0 aliphatic carbocycles. The van der Waals surface area contributed by atoms with E-state index in [1.165, 1.54) is 6.07 Å². The van der Waals surface area contributed by atoms with Gasteiger partial charge in [-0.25, -0.2) is 0 Å². The Hall–Kier alpha value is -0.940. The van der Waals surface area contributed by atoms with Gasteiger partial charge < -0.3 is 5.73 Å². The molecule has 5 heteroatoms. The van der Waals surface area contributed by atoms with Crippen molar-refractivity contribution in [2.24, 2.45) is 5.73 Å². The van der Waals surface area contributed by atoms with Gasteiger partial charge in [-0.3, -0.25) is 10.1 Å². The molecule has 0 aliphatic rings. The Morgan fingerprint density at radius 2 is 2.23 bits per heavy atom. The van der Waals surface area contributed by atoms with E-state index in [9.17, 15) is 10.1 Å². The van der Waals surface area contributed by atoms with E-state index in [-0.39, 0.29) is 5.69 Å². The minimum atomic E-state index is -0.402. The molecule has 1 rings (SSSR count). The molecule has 0 saturated heterocycles. The highest BCUT2D eigenvalue weighted by atomic mass is 79.9. The number of hydrogen-bond donors (Lipinski definition) is 1. The molecular formula is C8H9BrN2O2. The fraction of sp³-hybridized carbons (Fsp3) is 0.250. The number of nitro benzene ring substituents is 1. The van der Waals surface area contributed by atoms with Crippen molar-refractivity contribution in [3.05, 3.63) is 37.8 Å². The summed E-state index contributed by atoms with van der Waals surface area (Å²) < 4.78 is 0.818. The second kappa shape index (κ2) is 3.85. The highest BCUT2D eigenvalue weighted by Gasteiger charge is 2.12. The fourth-order valence-corrected chi connectivity index (χ4v) is 1.68. The molecule has 0 bridgehead atoms. The molecular weight excluding hydrogens is 236 g/mol. The first-order valence-electron chi connectivity index (χ1n) is 3.69. The monoisotopic (exact) mass is 244 g/mol. The van der Waals surface area contributed by atoms with Crippen LogP contribution in [0.3, 0.4) is 0 Å². The Kier molecular flexibility index (Phi) is 3.00. The van der Waals surface area contributed by atoms with E-state index in [0.29, 0.717) is 12.1 Å². The summed E-state index contributed by atoms with van der Waals surface area (Å²) in [5.41, 5.74) is 6.91. The standard InChI is InChI=1S/C8H9BrN2O2/c1-5-2-7(9)6(4-10)3-8(5)11(12)13/h2-3H,4,10H2,1H3. The smallest absolute Gasteiger partial charge is 0.272 e. The van der Waals surface area contributed by atoms with Gasteiger partial charge in [0.25, 0.3) is 5.69 Å². The summed E-state index contributed by atoms with van der Waals surface area (Å²) in [6.45, 7) is 1.99. The Labute approximate surface area is 84.0 Å². The average molecular weight is 245 g/mol. The van der Waals surface area contributed by atoms with Gasteiger partial charge in [-0.15, -0.1) is 0 Å². The lowest BCUT2D eigenvalue weighted by Gasteiger charge is -2.03. The number of nitrogens with zero attached hydrogens (tertiary/aromatic N) is 1. The van der Waals surface area contributed by atoms with Gasteiger partial charge in [0, 0.05) is 22.6 Å². The molecule has 0 atom stereocenters. The normalized spacial score (nSPS) is 10.1. The second-order valence-electron chi connectivity index (χ2n) is 2.69. The SMILES string of the molecule is Cc1cc(Br)c(CN)cc1[N+](=O)[O-]. The van der Waals surface area contributed by atoms with Crippen molar-refractivity contribution < 1.29 is 4.92 Å². The van der Waals surface area contributed by atoms with Gasteiger partial charge in [-0.05, 0) is 18.6 Å². The summed E-state index contributed by atoms with van der Waals surface area (Å²) in [6, 6.07) is 3.21. The summed E-state index contributed by atoms with van der Waals surface area (Å²) in [6.07, 6.45) is 0. The lowest BCUT2D eigenvalue weighted by atomic mass is 10.1. The Bertz CT molecular complexity index is 352. The predicted octanol–water partition coefficient (Wildman–Crippen LogP) is 2.12. The van der Waals surface area contributed by atoms with Crippen molar-refractivity contribution in [1.29, 1.82) is 0 Å². The molecule has 2 N–H and O–H groups in total. The second-order valence-corrected chi connectivity index (χ2v) is 3.55. The van der Waals surface area contributed by atoms with Gasteiger partial charge >= 0.3 is 0 Å². The lowest BCUT2D eigenvalue weighted by molar-refractivity contribution is -0.385. The molecule has 0 heterocycles. The zero-order valence-electron chi connectivity index (χ0n) is 7.08. The van der Waals surface area contributed by atoms with E-state index in [4.69, 9.17) is 5.73 Å². The topological polar surface area (TPSA) is 69.2 Å². The molecule has 0 fully saturated rings. The van der Waals surface area contributed by atoms with Crippen LogP contribution in [0.4, 0.5) is 5.69 Å². The predicted molar refractivity (Wildman–Crippen MR) is 53.4 cm³/mol. The van der Waals surface area contributed by atoms with Crippen LogP contribution in [-0.4, -0.2) is 4.92 Å². The number of rotatable bonds is 2. The maximum atomic E-state index is 10.6. The number of hydrogen-bond acceptors (Lipinski definition) is 3. The molecule has 0 amide bonds. The van der Waals surface area contributed by atoms with Crippen LogP contribution in [0.2, 0.25) is 0 Å². The van der Waals surface area contributed by atoms with Gasteiger partial charge in [-0.1, -0.05) is 15.9 Å². The number of aryl methyl sites for hydroxylation is 1. The summed E-state index contributed by atoms with van der Waals surface area (Å²) >= 11 is 3.29. The first-order chi connectivity index (χ1) is 6.06. The van der Waals surface area contributed by atoms with Crippen molar-refractivity contribution >= 4 is 21.6 Å². The number of nitro groups is 1. The van der Waals surface area contributed by atoms with Gasteiger partial charge in [0.15, 0.2) is 0 Å². The van der Waals surface area contributed by atoms with E-state index in [1.54, 1.807) is 13.0 Å². The third-order valence-corrected chi connectivity index (χ3v) is 2.52. The van der Waals surface area contributed by atoms with Crippen molar-refractivity contribution in [3.63, 3.8) is 0 Å². The van der Waals surface area contributed by atoms with Gasteiger partial charge in [0.05, 0.1) is 4.92 Å². The van der Waals surface area contributed by atoms with E-state index >= 15 is 0 Å². The van der Waals surface area contributed by atoms with Crippen LogP contribution in [0.1, 0.15) is 11.1 Å². The summed E-state index contributed by atoms with van der Waals surface area (Å²) in [7, 11) is 0. The molecule has 1 aromatic carbocycles. The first-order valence-corrected chi connectivity index (χ1v) is 4.49. The van der Waals surface area contributed by atoms with Gasteiger partial charge in [0.2, 0.25) is 0 Å². The van der Waals surface area contributed by atoms with Crippen LogP contribution in [0.25, 0.3) is 0 Å². The highest BCUT2D eigenvalue weighted by Crippen LogP contribution is 2.26. The molecule has 0 aliphatic heterocycles. The quantitative estimate of drug-likeness (QED) is 0.640. The molecule has 0 radical (unpaired) electrons. The number of halogens is 1. The Balaban J connectivity index is 3.30. The minimum Gasteiger partial charge on any atom is -0.326 e. The van der Waals surface area contributed by atoms with Gasteiger partial charge in [-0.2, -0.15) is 0 Å². The van der Waals surface area contributed by atoms with Crippen LogP contribution in [-0.2, 0) is 6.54 Å². The number of benzene rings is 1. The summed E-state index contributed by atoms with van der Waals surface area (Å²) in [5.74, 6) is 0. The number of nitrogens with two attached hydrogens (primary N) is 1. The molecule has 0 spiro atoms. The molecule has 1 aromatic rings. The molecule has 0 unspecified atom stereocenters. The molecule has 0 aromatic heterocycles. The first kappa shape index (κ1) is 10.1. The van der Waals surface area contributed by atoms with E-state index < -0.39 is 4.92 Å². The molecule has 4 nitrogen and oxygen atoms in total. The Morgan fingerprint density at radius 1 is 1.62 bits per heavy atom.